The molecule has 1 saturated carbocycles. The van der Waals surface area contributed by atoms with E-state index in [-0.39, 0.29) is 18.0 Å². The molecule has 0 bridgehead atoms. The van der Waals surface area contributed by atoms with Crippen LogP contribution in [0.5, 0.6) is 0 Å². The molecule has 3 nitrogen and oxygen atoms in total. The molecule has 52 valence electrons. The van der Waals surface area contributed by atoms with Crippen molar-refractivity contribution >= 4 is 5.78 Å². The lowest BCUT2D eigenvalue weighted by Crippen LogP contribution is -2.49. The van der Waals surface area contributed by atoms with Crippen LogP contribution in [-0.4, -0.2) is 32.2 Å². The molecule has 0 aliphatic heterocycles. The van der Waals surface area contributed by atoms with E-state index < -0.39 is 0 Å². The van der Waals surface area contributed by atoms with E-state index in [1.165, 1.54) is 7.11 Å². The molecule has 0 N–H and O–H groups in total. The molecule has 1 aliphatic rings. The minimum absolute atomic E-state index is 0.00231. The summed E-state index contributed by atoms with van der Waals surface area (Å²) in [4.78, 5) is 10.6. The standard InChI is InChI=1S/C6H10O3/c1-8-5-3-4(7)6(5)9-2/h5-6H,3H2,1-2H3. The van der Waals surface area contributed by atoms with Crippen LogP contribution in [-0.2, 0) is 14.3 Å². The monoisotopic (exact) mass is 130 g/mol. The Bertz CT molecular complexity index is 121. The molecule has 0 heterocycles. The molecule has 0 radical (unpaired) electrons. The summed E-state index contributed by atoms with van der Waals surface area (Å²) in [7, 11) is 3.11. The van der Waals surface area contributed by atoms with Crippen LogP contribution in [0.15, 0.2) is 0 Å². The highest BCUT2D eigenvalue weighted by Crippen LogP contribution is 2.20. The van der Waals surface area contributed by atoms with Gasteiger partial charge in [0.05, 0.1) is 6.10 Å². The van der Waals surface area contributed by atoms with Crippen molar-refractivity contribution in [3.63, 3.8) is 0 Å². The highest BCUT2D eigenvalue weighted by Gasteiger charge is 2.39. The zero-order valence-electron chi connectivity index (χ0n) is 5.59. The molecule has 0 spiro atoms. The molecule has 1 aliphatic carbocycles. The summed E-state index contributed by atoms with van der Waals surface area (Å²) in [6.07, 6.45) is 0.215. The highest BCUT2D eigenvalue weighted by molar-refractivity contribution is 5.90. The van der Waals surface area contributed by atoms with E-state index in [1.54, 1.807) is 7.11 Å². The van der Waals surface area contributed by atoms with E-state index >= 15 is 0 Å². The third kappa shape index (κ3) is 0.976. The Hall–Kier alpha value is -0.410. The van der Waals surface area contributed by atoms with Crippen LogP contribution in [0.25, 0.3) is 0 Å². The van der Waals surface area contributed by atoms with E-state index in [1.807, 2.05) is 0 Å². The number of ether oxygens (including phenoxy) is 2. The third-order valence-corrected chi connectivity index (χ3v) is 1.61. The van der Waals surface area contributed by atoms with Gasteiger partial charge in [0.2, 0.25) is 0 Å². The predicted molar refractivity (Wildman–Crippen MR) is 31.2 cm³/mol. The second kappa shape index (κ2) is 2.45. The molecule has 0 aromatic heterocycles. The van der Waals surface area contributed by atoms with Gasteiger partial charge in [-0.1, -0.05) is 0 Å². The number of carbonyl (C=O) groups is 1. The largest absolute Gasteiger partial charge is 0.378 e. The second-order valence-electron chi connectivity index (χ2n) is 2.10. The average Bonchev–Trinajstić information content (AvgIpc) is 1.83. The van der Waals surface area contributed by atoms with Crippen molar-refractivity contribution in [2.24, 2.45) is 0 Å². The number of rotatable bonds is 2. The second-order valence-corrected chi connectivity index (χ2v) is 2.10. The number of ketones is 1. The molecule has 2 atom stereocenters. The Kier molecular flexibility index (Phi) is 1.83. The predicted octanol–water partition coefficient (Wildman–Crippen LogP) is -0.0108. The molecule has 3 heteroatoms. The lowest BCUT2D eigenvalue weighted by molar-refractivity contribution is -0.157. The van der Waals surface area contributed by atoms with Gasteiger partial charge in [-0.15, -0.1) is 0 Å². The lowest BCUT2D eigenvalue weighted by atomic mass is 9.90. The normalized spacial score (nSPS) is 34.2. The highest BCUT2D eigenvalue weighted by atomic mass is 16.5. The van der Waals surface area contributed by atoms with E-state index in [4.69, 9.17) is 9.47 Å². The summed E-state index contributed by atoms with van der Waals surface area (Å²) < 4.78 is 9.74. The van der Waals surface area contributed by atoms with Gasteiger partial charge in [-0.25, -0.2) is 0 Å². The van der Waals surface area contributed by atoms with E-state index in [2.05, 4.69) is 0 Å². The quantitative estimate of drug-likeness (QED) is 0.527. The van der Waals surface area contributed by atoms with Crippen LogP contribution in [0.4, 0.5) is 0 Å². The Morgan fingerprint density at radius 2 is 2.11 bits per heavy atom. The molecular formula is C6H10O3. The number of Topliss-reactive ketones (excluding diaryl/α,β-unsaturated/α-hetero) is 1. The fourth-order valence-electron chi connectivity index (χ4n) is 0.958. The first kappa shape index (κ1) is 6.71. The smallest absolute Gasteiger partial charge is 0.166 e. The molecule has 0 amide bonds. The molecule has 1 fully saturated rings. The molecular weight excluding hydrogens is 120 g/mol. The van der Waals surface area contributed by atoms with Crippen molar-refractivity contribution in [2.75, 3.05) is 14.2 Å². The minimum Gasteiger partial charge on any atom is -0.378 e. The molecule has 1 rings (SSSR count). The van der Waals surface area contributed by atoms with Gasteiger partial charge >= 0.3 is 0 Å². The molecule has 2 unspecified atom stereocenters. The van der Waals surface area contributed by atoms with Crippen LogP contribution < -0.4 is 0 Å². The van der Waals surface area contributed by atoms with Gasteiger partial charge in [0.15, 0.2) is 5.78 Å². The van der Waals surface area contributed by atoms with Gasteiger partial charge in [-0.2, -0.15) is 0 Å². The summed E-state index contributed by atoms with van der Waals surface area (Å²) in [5.74, 6) is 0.143. The summed E-state index contributed by atoms with van der Waals surface area (Å²) >= 11 is 0. The minimum atomic E-state index is -0.296. The Morgan fingerprint density at radius 1 is 1.44 bits per heavy atom. The number of carbonyl (C=O) groups excluding carboxylic acids is 1. The molecule has 0 aromatic carbocycles. The zero-order chi connectivity index (χ0) is 6.85. The van der Waals surface area contributed by atoms with Gasteiger partial charge in [0.1, 0.15) is 6.10 Å². The third-order valence-electron chi connectivity index (χ3n) is 1.61. The van der Waals surface area contributed by atoms with Crippen LogP contribution >= 0.6 is 0 Å². The SMILES string of the molecule is COC1CC(=O)C1OC. The Morgan fingerprint density at radius 3 is 2.33 bits per heavy atom. The maximum absolute atomic E-state index is 10.6. The molecule has 0 saturated heterocycles. The van der Waals surface area contributed by atoms with Gasteiger partial charge in [0, 0.05) is 20.6 Å². The summed E-state index contributed by atoms with van der Waals surface area (Å²) in [5, 5.41) is 0. The summed E-state index contributed by atoms with van der Waals surface area (Å²) in [6.45, 7) is 0. The first-order valence-electron chi connectivity index (χ1n) is 2.88. The van der Waals surface area contributed by atoms with Crippen molar-refractivity contribution in [3.05, 3.63) is 0 Å². The van der Waals surface area contributed by atoms with E-state index in [0.29, 0.717) is 6.42 Å². The van der Waals surface area contributed by atoms with Crippen LogP contribution in [0.2, 0.25) is 0 Å². The topological polar surface area (TPSA) is 35.5 Å². The molecule has 0 aromatic rings. The average molecular weight is 130 g/mol. The van der Waals surface area contributed by atoms with Gasteiger partial charge in [-0.3, -0.25) is 4.79 Å². The summed E-state index contributed by atoms with van der Waals surface area (Å²) in [5.41, 5.74) is 0. The van der Waals surface area contributed by atoms with E-state index in [0.717, 1.165) is 0 Å². The number of hydrogen-bond acceptors (Lipinski definition) is 3. The van der Waals surface area contributed by atoms with Crippen molar-refractivity contribution in [1.29, 1.82) is 0 Å². The first-order chi connectivity index (χ1) is 4.29. The lowest BCUT2D eigenvalue weighted by Gasteiger charge is -2.31. The number of methoxy groups -OCH3 is 2. The Labute approximate surface area is 53.9 Å². The van der Waals surface area contributed by atoms with Gasteiger partial charge < -0.3 is 9.47 Å². The maximum Gasteiger partial charge on any atom is 0.166 e. The Balaban J connectivity index is 2.38. The van der Waals surface area contributed by atoms with Crippen molar-refractivity contribution in [1.82, 2.24) is 0 Å². The maximum atomic E-state index is 10.6. The number of hydrogen-bond donors (Lipinski definition) is 0. The van der Waals surface area contributed by atoms with Crippen LogP contribution in [0, 0.1) is 0 Å². The van der Waals surface area contributed by atoms with Gasteiger partial charge in [0.25, 0.3) is 0 Å². The van der Waals surface area contributed by atoms with Crippen LogP contribution in [0.3, 0.4) is 0 Å². The van der Waals surface area contributed by atoms with Crippen molar-refractivity contribution in [2.45, 2.75) is 18.6 Å². The van der Waals surface area contributed by atoms with E-state index in [9.17, 15) is 4.79 Å². The zero-order valence-corrected chi connectivity index (χ0v) is 5.59. The summed E-state index contributed by atoms with van der Waals surface area (Å²) in [6, 6.07) is 0. The molecule has 9 heavy (non-hydrogen) atoms. The van der Waals surface area contributed by atoms with Gasteiger partial charge in [-0.05, 0) is 0 Å². The van der Waals surface area contributed by atoms with Crippen molar-refractivity contribution < 1.29 is 14.3 Å². The van der Waals surface area contributed by atoms with Crippen molar-refractivity contribution in [3.8, 4) is 0 Å². The fraction of sp³-hybridized carbons (Fsp3) is 0.833. The fourth-order valence-corrected chi connectivity index (χ4v) is 0.958. The first-order valence-corrected chi connectivity index (χ1v) is 2.88. The van der Waals surface area contributed by atoms with Crippen LogP contribution in [0.1, 0.15) is 6.42 Å².